The lowest BCUT2D eigenvalue weighted by Crippen LogP contribution is -3.00. The van der Waals surface area contributed by atoms with E-state index in [-0.39, 0.29) is 24.0 Å². The van der Waals surface area contributed by atoms with Crippen molar-refractivity contribution in [2.75, 3.05) is 39.6 Å². The molecule has 7 heteroatoms. The molecule has 1 fully saturated rings. The zero-order valence-electron chi connectivity index (χ0n) is 13.8. The van der Waals surface area contributed by atoms with Crippen LogP contribution in [0.4, 0.5) is 0 Å². The first-order chi connectivity index (χ1) is 9.43. The molecule has 21 heavy (non-hydrogen) atoms. The Morgan fingerprint density at radius 1 is 1.10 bits per heavy atom. The highest BCUT2D eigenvalue weighted by Gasteiger charge is 2.31. The van der Waals surface area contributed by atoms with Crippen molar-refractivity contribution in [2.45, 2.75) is 52.0 Å². The Balaban J connectivity index is 0.00000400. The number of nitrogens with zero attached hydrogens (tertiary/aromatic N) is 1. The summed E-state index contributed by atoms with van der Waals surface area (Å²) in [5.41, 5.74) is 0. The topological polar surface area (TPSA) is 35.5 Å². The lowest BCUT2D eigenvalue weighted by molar-refractivity contribution is -0.914. The molecule has 1 aliphatic carbocycles. The van der Waals surface area contributed by atoms with Crippen LogP contribution in [-0.2, 0) is 13.6 Å². The summed E-state index contributed by atoms with van der Waals surface area (Å²) in [7, 11) is 4.59. The summed E-state index contributed by atoms with van der Waals surface area (Å²) < 4.78 is 24.0. The smallest absolute Gasteiger partial charge is 0.389 e. The van der Waals surface area contributed by atoms with Crippen molar-refractivity contribution in [2.24, 2.45) is 0 Å². The van der Waals surface area contributed by atoms with Gasteiger partial charge in [-0.05, 0) is 50.9 Å². The zero-order chi connectivity index (χ0) is 15.1. The fourth-order valence-corrected chi connectivity index (χ4v) is 6.41. The Morgan fingerprint density at radius 3 is 2.10 bits per heavy atom. The third-order valence-corrected chi connectivity index (χ3v) is 8.01. The highest BCUT2D eigenvalue weighted by molar-refractivity contribution is 8.55. The second-order valence-electron chi connectivity index (χ2n) is 5.91. The fraction of sp³-hybridized carbons (Fsp3) is 1.00. The molecular weight excluding hydrogens is 420 g/mol. The van der Waals surface area contributed by atoms with Gasteiger partial charge in [-0.15, -0.1) is 0 Å². The maximum absolute atomic E-state index is 12.4. The highest BCUT2D eigenvalue weighted by atomic mass is 127. The van der Waals surface area contributed by atoms with Crippen LogP contribution < -0.4 is 24.0 Å². The first-order valence-corrected chi connectivity index (χ1v) is 10.9. The molecule has 1 saturated carbocycles. The molecule has 4 nitrogen and oxygen atoms in total. The van der Waals surface area contributed by atoms with E-state index in [9.17, 15) is 4.57 Å². The summed E-state index contributed by atoms with van der Waals surface area (Å²) in [5.74, 6) is 0.820. The van der Waals surface area contributed by atoms with Gasteiger partial charge >= 0.3 is 6.80 Å². The predicted molar refractivity (Wildman–Crippen MR) is 87.2 cm³/mol. The molecule has 0 saturated heterocycles. The normalized spacial score (nSPS) is 17.5. The van der Waals surface area contributed by atoms with Crippen molar-refractivity contribution in [3.63, 3.8) is 0 Å². The third-order valence-electron chi connectivity index (χ3n) is 4.05. The highest BCUT2D eigenvalue weighted by Crippen LogP contribution is 2.60. The Hall–Kier alpha value is 1.19. The van der Waals surface area contributed by atoms with Gasteiger partial charge in [-0.1, -0.05) is 6.42 Å². The lowest BCUT2D eigenvalue weighted by Gasteiger charge is -2.40. The van der Waals surface area contributed by atoms with E-state index in [1.807, 2.05) is 13.8 Å². The van der Waals surface area contributed by atoms with Crippen molar-refractivity contribution in [1.29, 1.82) is 0 Å². The van der Waals surface area contributed by atoms with Gasteiger partial charge in [-0.2, -0.15) is 0 Å². The number of quaternary nitrogens is 1. The lowest BCUT2D eigenvalue weighted by atomic mass is 9.93. The molecule has 0 atom stereocenters. The van der Waals surface area contributed by atoms with Crippen LogP contribution in [0.15, 0.2) is 0 Å². The summed E-state index contributed by atoms with van der Waals surface area (Å²) in [6.45, 7) is 2.66. The van der Waals surface area contributed by atoms with Crippen molar-refractivity contribution in [3.8, 4) is 0 Å². The van der Waals surface area contributed by atoms with Gasteiger partial charge < -0.3 is 37.5 Å². The summed E-state index contributed by atoms with van der Waals surface area (Å²) in [4.78, 5) is 0. The van der Waals surface area contributed by atoms with E-state index in [2.05, 4.69) is 14.1 Å². The van der Waals surface area contributed by atoms with Crippen LogP contribution in [0, 0.1) is 0 Å². The Morgan fingerprint density at radius 2 is 1.62 bits per heavy atom. The molecule has 0 amide bonds. The minimum absolute atomic E-state index is 0. The summed E-state index contributed by atoms with van der Waals surface area (Å²) in [5, 5.41) is 0. The number of rotatable bonds is 9. The van der Waals surface area contributed by atoms with Gasteiger partial charge in [0.2, 0.25) is 0 Å². The van der Waals surface area contributed by atoms with Crippen LogP contribution in [0.25, 0.3) is 0 Å². The molecule has 0 spiro atoms. The van der Waals surface area contributed by atoms with Gasteiger partial charge in [-0.25, -0.2) is 4.57 Å². The molecule has 0 aromatic rings. The van der Waals surface area contributed by atoms with Gasteiger partial charge in [0, 0.05) is 0 Å². The minimum atomic E-state index is -2.94. The SMILES string of the molecule is CCOP(=O)(OCC)SCC[N+](C)(C)C1CCCCC1.[I-]. The standard InChI is InChI=1S/C14H31NO3PS.HI/c1-5-17-19(16,18-6-2)20-13-12-15(3,4)14-10-8-7-9-11-14;/h14H,5-13H2,1-4H3;1H/q+1;/p-1. The van der Waals surface area contributed by atoms with E-state index < -0.39 is 6.80 Å². The van der Waals surface area contributed by atoms with Gasteiger partial charge in [0.15, 0.2) is 0 Å². The molecule has 0 aromatic heterocycles. The van der Waals surface area contributed by atoms with Gasteiger partial charge in [-0.3, -0.25) is 0 Å². The van der Waals surface area contributed by atoms with E-state index in [1.165, 1.54) is 43.5 Å². The monoisotopic (exact) mass is 451 g/mol. The molecule has 1 rings (SSSR count). The number of hydrogen-bond acceptors (Lipinski definition) is 4. The quantitative estimate of drug-likeness (QED) is 0.301. The van der Waals surface area contributed by atoms with Crippen molar-refractivity contribution in [3.05, 3.63) is 0 Å². The first-order valence-electron chi connectivity index (χ1n) is 7.80. The molecule has 0 heterocycles. The fourth-order valence-electron chi connectivity index (χ4n) is 2.78. The first kappa shape index (κ1) is 22.2. The average molecular weight is 451 g/mol. The summed E-state index contributed by atoms with van der Waals surface area (Å²) in [6, 6.07) is 0.753. The van der Waals surface area contributed by atoms with Crippen LogP contribution in [0.1, 0.15) is 46.0 Å². The summed E-state index contributed by atoms with van der Waals surface area (Å²) >= 11 is 1.36. The van der Waals surface area contributed by atoms with E-state index >= 15 is 0 Å². The van der Waals surface area contributed by atoms with Crippen molar-refractivity contribution >= 4 is 18.2 Å². The molecular formula is C14H31INO3PS. The maximum Gasteiger partial charge on any atom is 0.389 e. The minimum Gasteiger partial charge on any atom is -1.00 e. The summed E-state index contributed by atoms with van der Waals surface area (Å²) in [6.07, 6.45) is 6.75. The molecule has 128 valence electrons. The largest absolute Gasteiger partial charge is 1.00 e. The number of halogens is 1. The molecule has 1 aliphatic rings. The Bertz CT molecular complexity index is 315. The Labute approximate surface area is 151 Å². The third kappa shape index (κ3) is 8.02. The molecule has 0 aliphatic heterocycles. The van der Waals surface area contributed by atoms with Gasteiger partial charge in [0.1, 0.15) is 0 Å². The zero-order valence-corrected chi connectivity index (χ0v) is 17.7. The van der Waals surface area contributed by atoms with E-state index in [0.29, 0.717) is 13.2 Å². The van der Waals surface area contributed by atoms with Crippen LogP contribution in [0.5, 0.6) is 0 Å². The second-order valence-corrected chi connectivity index (χ2v) is 10.1. The molecule has 0 aromatic carbocycles. The molecule has 0 radical (unpaired) electrons. The van der Waals surface area contributed by atoms with Crippen molar-refractivity contribution < 1.29 is 42.1 Å². The van der Waals surface area contributed by atoms with Crippen LogP contribution in [-0.4, -0.2) is 50.1 Å². The number of hydrogen-bond donors (Lipinski definition) is 0. The van der Waals surface area contributed by atoms with E-state index in [0.717, 1.165) is 22.8 Å². The van der Waals surface area contributed by atoms with Crippen LogP contribution in [0.3, 0.4) is 0 Å². The molecule has 0 unspecified atom stereocenters. The van der Waals surface area contributed by atoms with Gasteiger partial charge in [0.25, 0.3) is 0 Å². The van der Waals surface area contributed by atoms with Crippen LogP contribution in [0.2, 0.25) is 0 Å². The average Bonchev–Trinajstić information content (AvgIpc) is 2.40. The van der Waals surface area contributed by atoms with Crippen molar-refractivity contribution in [1.82, 2.24) is 0 Å². The Kier molecular flexibility index (Phi) is 11.5. The second kappa shape index (κ2) is 10.9. The van der Waals surface area contributed by atoms with E-state index in [1.54, 1.807) is 0 Å². The van der Waals surface area contributed by atoms with Crippen LogP contribution >= 0.6 is 18.2 Å². The predicted octanol–water partition coefficient (Wildman–Crippen LogP) is 1.31. The van der Waals surface area contributed by atoms with E-state index in [4.69, 9.17) is 9.05 Å². The maximum atomic E-state index is 12.4. The molecule has 0 bridgehead atoms. The molecule has 0 N–H and O–H groups in total. The van der Waals surface area contributed by atoms with Gasteiger partial charge in [0.05, 0.1) is 45.6 Å².